The number of sulfonamides is 1. The van der Waals surface area contributed by atoms with Gasteiger partial charge in [0.25, 0.3) is 0 Å². The third kappa shape index (κ3) is 4.83. The second-order valence-corrected chi connectivity index (χ2v) is 7.27. The molecule has 1 unspecified atom stereocenters. The van der Waals surface area contributed by atoms with E-state index in [-0.39, 0.29) is 0 Å². The van der Waals surface area contributed by atoms with E-state index in [2.05, 4.69) is 17.0 Å². The molecule has 0 aliphatic rings. The summed E-state index contributed by atoms with van der Waals surface area (Å²) in [5.41, 5.74) is 0.734. The predicted molar refractivity (Wildman–Crippen MR) is 84.8 cm³/mol. The highest BCUT2D eigenvalue weighted by atomic mass is 32.2. The Labute approximate surface area is 128 Å². The summed E-state index contributed by atoms with van der Waals surface area (Å²) in [4.78, 5) is 0.298. The monoisotopic (exact) mass is 316 g/mol. The molecule has 1 aromatic heterocycles. The Bertz CT molecular complexity index is 550. The Morgan fingerprint density at radius 3 is 2.43 bits per heavy atom. The van der Waals surface area contributed by atoms with Gasteiger partial charge in [-0.2, -0.15) is 0 Å². The summed E-state index contributed by atoms with van der Waals surface area (Å²) in [6.45, 7) is 11.5. The highest BCUT2D eigenvalue weighted by Crippen LogP contribution is 2.26. The molecular weight excluding hydrogens is 288 g/mol. The van der Waals surface area contributed by atoms with Crippen molar-refractivity contribution in [1.29, 1.82) is 0 Å². The van der Waals surface area contributed by atoms with E-state index in [0.29, 0.717) is 35.4 Å². The maximum Gasteiger partial charge on any atom is 0.244 e. The summed E-state index contributed by atoms with van der Waals surface area (Å²) >= 11 is 0. The highest BCUT2D eigenvalue weighted by molar-refractivity contribution is 7.89. The fourth-order valence-electron chi connectivity index (χ4n) is 2.12. The van der Waals surface area contributed by atoms with Gasteiger partial charge in [-0.3, -0.25) is 0 Å². The van der Waals surface area contributed by atoms with Gasteiger partial charge >= 0.3 is 0 Å². The normalized spacial score (nSPS) is 13.6. The van der Waals surface area contributed by atoms with Gasteiger partial charge in [-0.25, -0.2) is 13.1 Å². The van der Waals surface area contributed by atoms with Crippen LogP contribution >= 0.6 is 0 Å². The number of furan rings is 1. The van der Waals surface area contributed by atoms with Crippen LogP contribution in [0.25, 0.3) is 0 Å². The molecule has 0 saturated heterocycles. The fraction of sp³-hybridized carbons (Fsp3) is 0.733. The number of nitrogens with one attached hydrogen (secondary N) is 2. The van der Waals surface area contributed by atoms with Gasteiger partial charge in [0, 0.05) is 18.7 Å². The first-order chi connectivity index (χ1) is 9.83. The van der Waals surface area contributed by atoms with Gasteiger partial charge in [0.15, 0.2) is 0 Å². The van der Waals surface area contributed by atoms with Crippen molar-refractivity contribution in [2.45, 2.75) is 58.9 Å². The minimum Gasteiger partial charge on any atom is -0.465 e. The Kier molecular flexibility index (Phi) is 6.90. The second kappa shape index (κ2) is 7.96. The van der Waals surface area contributed by atoms with Gasteiger partial charge in [0.05, 0.1) is 0 Å². The van der Waals surface area contributed by atoms with Gasteiger partial charge in [-0.15, -0.1) is 0 Å². The summed E-state index contributed by atoms with van der Waals surface area (Å²) in [7, 11) is -3.53. The lowest BCUT2D eigenvalue weighted by molar-refractivity contribution is 0.491. The van der Waals surface area contributed by atoms with E-state index >= 15 is 0 Å². The third-order valence-electron chi connectivity index (χ3n) is 3.64. The van der Waals surface area contributed by atoms with Gasteiger partial charge in [-0.05, 0) is 32.7 Å². The lowest BCUT2D eigenvalue weighted by Crippen LogP contribution is -2.29. The molecule has 1 atom stereocenters. The molecule has 0 spiro atoms. The minimum atomic E-state index is -3.53. The van der Waals surface area contributed by atoms with Crippen molar-refractivity contribution >= 4 is 10.0 Å². The van der Waals surface area contributed by atoms with Gasteiger partial charge in [-0.1, -0.05) is 27.2 Å². The van der Waals surface area contributed by atoms with E-state index in [1.165, 1.54) is 0 Å². The molecule has 5 nitrogen and oxygen atoms in total. The van der Waals surface area contributed by atoms with E-state index in [1.54, 1.807) is 6.92 Å². The topological polar surface area (TPSA) is 71.3 Å². The van der Waals surface area contributed by atoms with Crippen molar-refractivity contribution in [2.24, 2.45) is 5.92 Å². The Hall–Kier alpha value is -0.850. The van der Waals surface area contributed by atoms with Crippen LogP contribution in [-0.4, -0.2) is 21.5 Å². The van der Waals surface area contributed by atoms with E-state index in [1.807, 2.05) is 20.8 Å². The summed E-state index contributed by atoms with van der Waals surface area (Å²) in [5, 5.41) is 3.24. The predicted octanol–water partition coefficient (Wildman–Crippen LogP) is 2.72. The molecule has 21 heavy (non-hydrogen) atoms. The molecule has 122 valence electrons. The molecule has 0 aromatic carbocycles. The highest BCUT2D eigenvalue weighted by Gasteiger charge is 2.26. The standard InChI is InChI=1S/C15H28N2O3S/c1-6-8-16-10-14-12(4)20-13(5)15(14)21(18,19)17-9-11(3)7-2/h11,16-17H,6-10H2,1-5H3. The van der Waals surface area contributed by atoms with Crippen molar-refractivity contribution in [3.8, 4) is 0 Å². The van der Waals surface area contributed by atoms with Crippen LogP contribution in [-0.2, 0) is 16.6 Å². The SMILES string of the molecule is CCCNCc1c(C)oc(C)c1S(=O)(=O)NCC(C)CC. The van der Waals surface area contributed by atoms with Crippen LogP contribution in [0.2, 0.25) is 0 Å². The number of rotatable bonds is 9. The van der Waals surface area contributed by atoms with Crippen molar-refractivity contribution in [3.63, 3.8) is 0 Å². The molecule has 0 aliphatic carbocycles. The van der Waals surface area contributed by atoms with Gasteiger partial charge in [0.1, 0.15) is 16.4 Å². The minimum absolute atomic E-state index is 0.298. The van der Waals surface area contributed by atoms with Crippen molar-refractivity contribution in [3.05, 3.63) is 17.1 Å². The molecule has 0 radical (unpaired) electrons. The van der Waals surface area contributed by atoms with E-state index < -0.39 is 10.0 Å². The van der Waals surface area contributed by atoms with E-state index in [9.17, 15) is 8.42 Å². The van der Waals surface area contributed by atoms with Gasteiger partial charge < -0.3 is 9.73 Å². The molecule has 0 bridgehead atoms. The molecule has 0 saturated carbocycles. The van der Waals surface area contributed by atoms with Crippen LogP contribution in [0.1, 0.15) is 50.7 Å². The van der Waals surface area contributed by atoms with E-state index in [0.717, 1.165) is 24.9 Å². The number of hydrogen-bond acceptors (Lipinski definition) is 4. The fourth-order valence-corrected chi connectivity index (χ4v) is 3.73. The molecule has 0 fully saturated rings. The summed E-state index contributed by atoms with van der Waals surface area (Å²) in [5.74, 6) is 1.44. The maximum absolute atomic E-state index is 12.5. The maximum atomic E-state index is 12.5. The Balaban J connectivity index is 2.99. The third-order valence-corrected chi connectivity index (χ3v) is 5.26. The van der Waals surface area contributed by atoms with Gasteiger partial charge in [0.2, 0.25) is 10.0 Å². The number of hydrogen-bond donors (Lipinski definition) is 2. The average Bonchev–Trinajstić information content (AvgIpc) is 2.71. The molecule has 0 amide bonds. The molecule has 0 aliphatic heterocycles. The molecular formula is C15H28N2O3S. The molecule has 6 heteroatoms. The van der Waals surface area contributed by atoms with Crippen LogP contribution in [0, 0.1) is 19.8 Å². The quantitative estimate of drug-likeness (QED) is 0.687. The van der Waals surface area contributed by atoms with Crippen molar-refractivity contribution < 1.29 is 12.8 Å². The van der Waals surface area contributed by atoms with E-state index in [4.69, 9.17) is 4.42 Å². The average molecular weight is 316 g/mol. The lowest BCUT2D eigenvalue weighted by Gasteiger charge is -2.12. The zero-order chi connectivity index (χ0) is 16.0. The Morgan fingerprint density at radius 2 is 1.86 bits per heavy atom. The smallest absolute Gasteiger partial charge is 0.244 e. The second-order valence-electron chi connectivity index (χ2n) is 5.56. The summed E-state index contributed by atoms with van der Waals surface area (Å²) in [6.07, 6.45) is 1.95. The molecule has 1 aromatic rings. The first-order valence-corrected chi connectivity index (χ1v) is 9.11. The number of aryl methyl sites for hydroxylation is 2. The molecule has 1 heterocycles. The molecule has 2 N–H and O–H groups in total. The largest absolute Gasteiger partial charge is 0.465 e. The summed E-state index contributed by atoms with van der Waals surface area (Å²) in [6, 6.07) is 0. The first kappa shape index (κ1) is 18.2. The van der Waals surface area contributed by atoms with Crippen molar-refractivity contribution in [2.75, 3.05) is 13.1 Å². The molecule has 1 rings (SSSR count). The zero-order valence-electron chi connectivity index (χ0n) is 13.7. The lowest BCUT2D eigenvalue weighted by atomic mass is 10.1. The Morgan fingerprint density at radius 1 is 1.19 bits per heavy atom. The van der Waals surface area contributed by atoms with Crippen molar-refractivity contribution in [1.82, 2.24) is 10.0 Å². The van der Waals surface area contributed by atoms with Crippen LogP contribution in [0.15, 0.2) is 9.31 Å². The zero-order valence-corrected chi connectivity index (χ0v) is 14.6. The van der Waals surface area contributed by atoms with Crippen LogP contribution in [0.3, 0.4) is 0 Å². The van der Waals surface area contributed by atoms with Crippen LogP contribution in [0.5, 0.6) is 0 Å². The first-order valence-electron chi connectivity index (χ1n) is 7.62. The van der Waals surface area contributed by atoms with Crippen LogP contribution in [0.4, 0.5) is 0 Å². The summed E-state index contributed by atoms with van der Waals surface area (Å²) < 4.78 is 33.3. The van der Waals surface area contributed by atoms with Crippen LogP contribution < -0.4 is 10.0 Å².